The largest absolute Gasteiger partial charge is 0.416 e. The molecular weight excluding hydrogens is 651 g/mol. The van der Waals surface area contributed by atoms with Crippen LogP contribution >= 0.6 is 11.3 Å². The second-order valence-electron chi connectivity index (χ2n) is 12.0. The summed E-state index contributed by atoms with van der Waals surface area (Å²) < 4.78 is 83.0. The highest BCUT2D eigenvalue weighted by Gasteiger charge is 2.37. The molecule has 0 radical (unpaired) electrons. The average molecular weight is 675 g/mol. The Kier molecular flexibility index (Phi) is 7.34. The summed E-state index contributed by atoms with van der Waals surface area (Å²) in [6.07, 6.45) is -9.81. The molecule has 1 aromatic heterocycles. The fourth-order valence-corrected chi connectivity index (χ4v) is 7.64. The van der Waals surface area contributed by atoms with Crippen molar-refractivity contribution in [2.45, 2.75) is 12.4 Å². The van der Waals surface area contributed by atoms with E-state index in [9.17, 15) is 26.3 Å². The van der Waals surface area contributed by atoms with Gasteiger partial charge in [-0.05, 0) is 91.7 Å². The molecule has 0 atom stereocenters. The highest BCUT2D eigenvalue weighted by atomic mass is 32.1. The number of hydrogen-bond donors (Lipinski definition) is 0. The smallest absolute Gasteiger partial charge is 0.166 e. The maximum Gasteiger partial charge on any atom is 0.416 e. The van der Waals surface area contributed by atoms with Crippen LogP contribution in [0.4, 0.5) is 26.3 Å². The van der Waals surface area contributed by atoms with Crippen LogP contribution in [-0.4, -0.2) is 0 Å². The minimum absolute atomic E-state index is 0.141. The minimum atomic E-state index is -4.91. The summed E-state index contributed by atoms with van der Waals surface area (Å²) in [5, 5.41) is 4.57. The third kappa shape index (κ3) is 5.85. The fourth-order valence-electron chi connectivity index (χ4n) is 6.40. The lowest BCUT2D eigenvalue weighted by atomic mass is 9.94. The number of benzene rings is 7. The maximum absolute atomic E-state index is 13.4. The molecule has 0 aliphatic rings. The number of halogens is 6. The lowest BCUT2D eigenvalue weighted by Gasteiger charge is -2.14. The summed E-state index contributed by atoms with van der Waals surface area (Å²) in [7, 11) is 0. The van der Waals surface area contributed by atoms with E-state index in [1.807, 2.05) is 18.2 Å². The Balaban J connectivity index is 1.09. The second-order valence-corrected chi connectivity index (χ2v) is 13.1. The van der Waals surface area contributed by atoms with E-state index in [2.05, 4.69) is 84.9 Å². The molecule has 7 aromatic carbocycles. The third-order valence-electron chi connectivity index (χ3n) is 8.91. The van der Waals surface area contributed by atoms with Crippen molar-refractivity contribution in [1.82, 2.24) is 0 Å². The highest BCUT2D eigenvalue weighted by Crippen LogP contribution is 2.41. The van der Waals surface area contributed by atoms with E-state index in [-0.39, 0.29) is 17.2 Å². The van der Waals surface area contributed by atoms with Crippen LogP contribution in [-0.2, 0) is 12.4 Å². The van der Waals surface area contributed by atoms with Gasteiger partial charge in [-0.15, -0.1) is 11.3 Å². The van der Waals surface area contributed by atoms with Crippen LogP contribution in [0.2, 0.25) is 0 Å². The monoisotopic (exact) mass is 674 g/mol. The van der Waals surface area contributed by atoms with Gasteiger partial charge in [0.2, 0.25) is 0 Å². The quantitative estimate of drug-likeness (QED) is 0.163. The van der Waals surface area contributed by atoms with E-state index in [1.54, 1.807) is 35.6 Å². The molecule has 0 saturated carbocycles. The molecule has 240 valence electrons. The predicted molar refractivity (Wildman–Crippen MR) is 189 cm³/mol. The van der Waals surface area contributed by atoms with Crippen LogP contribution in [0.5, 0.6) is 0 Å². The molecule has 49 heavy (non-hydrogen) atoms. The van der Waals surface area contributed by atoms with Crippen LogP contribution < -0.4 is 0 Å². The first kappa shape index (κ1) is 30.9. The van der Waals surface area contributed by atoms with Crippen LogP contribution in [0, 0.1) is 0 Å². The Morgan fingerprint density at radius 1 is 0.367 bits per heavy atom. The van der Waals surface area contributed by atoms with Gasteiger partial charge in [-0.3, -0.25) is 0 Å². The molecule has 7 heteroatoms. The number of fused-ring (bicyclic) bond motifs is 4. The molecule has 0 aliphatic carbocycles. The minimum Gasteiger partial charge on any atom is -0.166 e. The zero-order valence-electron chi connectivity index (χ0n) is 25.5. The van der Waals surface area contributed by atoms with Crippen LogP contribution in [0.25, 0.3) is 75.5 Å². The van der Waals surface area contributed by atoms with Crippen molar-refractivity contribution in [2.75, 3.05) is 0 Å². The molecule has 1 heterocycles. The van der Waals surface area contributed by atoms with Crippen molar-refractivity contribution < 1.29 is 26.3 Å². The molecule has 0 saturated heterocycles. The van der Waals surface area contributed by atoms with Gasteiger partial charge in [-0.2, -0.15) is 26.3 Å². The zero-order valence-corrected chi connectivity index (χ0v) is 26.3. The van der Waals surface area contributed by atoms with Crippen molar-refractivity contribution in [3.8, 4) is 44.5 Å². The summed E-state index contributed by atoms with van der Waals surface area (Å²) in [5.41, 5.74) is 3.57. The van der Waals surface area contributed by atoms with Crippen LogP contribution in [0.15, 0.2) is 146 Å². The Morgan fingerprint density at radius 3 is 1.43 bits per heavy atom. The molecule has 8 aromatic rings. The molecule has 8 rings (SSSR count). The first-order valence-corrected chi connectivity index (χ1v) is 16.3. The zero-order chi connectivity index (χ0) is 33.9. The lowest BCUT2D eigenvalue weighted by molar-refractivity contribution is -0.143. The molecule has 0 bridgehead atoms. The molecule has 0 N–H and O–H groups in total. The molecule has 0 aliphatic heterocycles. The summed E-state index contributed by atoms with van der Waals surface area (Å²) in [4.78, 5) is 0. The first-order chi connectivity index (χ1) is 23.5. The van der Waals surface area contributed by atoms with Gasteiger partial charge in [0.25, 0.3) is 0 Å². The normalized spacial score (nSPS) is 12.3. The summed E-state index contributed by atoms with van der Waals surface area (Å²) in [5.74, 6) is 0. The van der Waals surface area contributed by atoms with Crippen molar-refractivity contribution in [3.63, 3.8) is 0 Å². The molecule has 0 fully saturated rings. The van der Waals surface area contributed by atoms with Crippen molar-refractivity contribution >= 4 is 42.3 Å². The number of hydrogen-bond acceptors (Lipinski definition) is 1. The first-order valence-electron chi connectivity index (χ1n) is 15.5. The van der Waals surface area contributed by atoms with Gasteiger partial charge in [-0.1, -0.05) is 109 Å². The topological polar surface area (TPSA) is 0 Å². The number of rotatable bonds is 4. The van der Waals surface area contributed by atoms with Crippen molar-refractivity contribution in [3.05, 3.63) is 157 Å². The van der Waals surface area contributed by atoms with Crippen LogP contribution in [0.3, 0.4) is 0 Å². The molecule has 0 nitrogen and oxygen atoms in total. The summed E-state index contributed by atoms with van der Waals surface area (Å²) >= 11 is 1.80. The van der Waals surface area contributed by atoms with Gasteiger partial charge < -0.3 is 0 Å². The van der Waals surface area contributed by atoms with Gasteiger partial charge in [0, 0.05) is 20.2 Å². The second kappa shape index (κ2) is 11.6. The lowest BCUT2D eigenvalue weighted by Crippen LogP contribution is -2.11. The van der Waals surface area contributed by atoms with Gasteiger partial charge in [0.1, 0.15) is 0 Å². The van der Waals surface area contributed by atoms with E-state index < -0.39 is 23.5 Å². The molecule has 0 amide bonds. The van der Waals surface area contributed by atoms with Gasteiger partial charge >= 0.3 is 12.4 Å². The van der Waals surface area contributed by atoms with Gasteiger partial charge in [0.15, 0.2) is 0 Å². The SMILES string of the molecule is FC(F)(F)c1cc(-c2ccc(-c3ccc4ccc(-c5ccc(-c6cccc7c6sc6ccccc67)cc5)cc4c3)cc2)cc(C(F)(F)F)c1. The van der Waals surface area contributed by atoms with E-state index in [4.69, 9.17) is 0 Å². The average Bonchev–Trinajstić information content (AvgIpc) is 3.49. The Morgan fingerprint density at radius 2 is 0.857 bits per heavy atom. The highest BCUT2D eigenvalue weighted by molar-refractivity contribution is 7.26. The van der Waals surface area contributed by atoms with Gasteiger partial charge in [0.05, 0.1) is 11.1 Å². The standard InChI is InChI=1S/C42H24F6S/c43-41(44,45)34-22-33(23-35(24-34)42(46,47)48)28-10-8-25(9-11-28)30-18-14-27-15-19-31(21-32(27)20-30)26-12-16-29(17-13-26)36-5-3-6-38-37-4-1-2-7-39(37)49-40(36)38/h1-24H. The van der Waals surface area contributed by atoms with E-state index >= 15 is 0 Å². The van der Waals surface area contributed by atoms with Crippen molar-refractivity contribution in [1.29, 1.82) is 0 Å². The fraction of sp³-hybridized carbons (Fsp3) is 0.0476. The van der Waals surface area contributed by atoms with E-state index in [0.717, 1.165) is 50.7 Å². The predicted octanol–water partition coefficient (Wildman–Crippen LogP) is 13.9. The Labute approximate surface area is 281 Å². The van der Waals surface area contributed by atoms with Crippen LogP contribution in [0.1, 0.15) is 11.1 Å². The third-order valence-corrected chi connectivity index (χ3v) is 10.1. The maximum atomic E-state index is 13.4. The van der Waals surface area contributed by atoms with Crippen molar-refractivity contribution in [2.24, 2.45) is 0 Å². The van der Waals surface area contributed by atoms with E-state index in [1.165, 1.54) is 25.7 Å². The molecule has 0 spiro atoms. The van der Waals surface area contributed by atoms with Gasteiger partial charge in [-0.25, -0.2) is 0 Å². The molecule has 0 unspecified atom stereocenters. The summed E-state index contributed by atoms with van der Waals surface area (Å²) in [6, 6.07) is 43.9. The Hall–Kier alpha value is -5.40. The molecular formula is C42H24F6S. The number of thiophene rings is 1. The van der Waals surface area contributed by atoms with E-state index in [0.29, 0.717) is 0 Å². The number of alkyl halides is 6. The Bertz CT molecular complexity index is 2470. The summed E-state index contributed by atoms with van der Waals surface area (Å²) in [6.45, 7) is 0.